The monoisotopic (exact) mass is 232 g/mol. The number of benzene rings is 1. The van der Waals surface area contributed by atoms with Gasteiger partial charge in [0, 0.05) is 0 Å². The van der Waals surface area contributed by atoms with Crippen molar-refractivity contribution in [2.24, 2.45) is 0 Å². The van der Waals surface area contributed by atoms with Crippen LogP contribution in [0, 0.1) is 6.92 Å². The Morgan fingerprint density at radius 3 is 2.57 bits per heavy atom. The molecule has 1 unspecified atom stereocenters. The maximum absolute atomic E-state index is 5.63. The number of rotatable bonds is 5. The van der Waals surface area contributed by atoms with E-state index in [2.05, 4.69) is 22.2 Å². The van der Waals surface area contributed by atoms with Crippen LogP contribution in [0.15, 0.2) is 24.3 Å². The van der Waals surface area contributed by atoms with Gasteiger partial charge in [-0.15, -0.1) is 21.6 Å². The van der Waals surface area contributed by atoms with Crippen molar-refractivity contribution in [3.05, 3.63) is 29.8 Å². The topological polar surface area (TPSA) is 9.23 Å². The van der Waals surface area contributed by atoms with Gasteiger partial charge in [0.15, 0.2) is 0 Å². The molecule has 0 spiro atoms. The van der Waals surface area contributed by atoms with Crippen molar-refractivity contribution in [3.8, 4) is 5.75 Å². The van der Waals surface area contributed by atoms with E-state index in [1.807, 2.05) is 18.2 Å². The standard InChI is InChI=1S/C11H17OP.ClH/c1-10-6-2-3-7-11(10)12-8-4-5-9-13;/h2-3,6-7H,4-5,8-9,13H2,1H3;1H. The highest BCUT2D eigenvalue weighted by Gasteiger charge is 1.95. The summed E-state index contributed by atoms with van der Waals surface area (Å²) >= 11 is 0. The van der Waals surface area contributed by atoms with Gasteiger partial charge in [-0.25, -0.2) is 0 Å². The van der Waals surface area contributed by atoms with Gasteiger partial charge in [-0.05, 0) is 37.6 Å². The highest BCUT2D eigenvalue weighted by molar-refractivity contribution is 7.16. The fourth-order valence-electron chi connectivity index (χ4n) is 1.15. The van der Waals surface area contributed by atoms with E-state index >= 15 is 0 Å². The number of hydrogen-bond acceptors (Lipinski definition) is 1. The molecule has 1 atom stereocenters. The molecular weight excluding hydrogens is 215 g/mol. The van der Waals surface area contributed by atoms with Crippen molar-refractivity contribution in [1.29, 1.82) is 0 Å². The molecule has 0 radical (unpaired) electrons. The number of halogens is 1. The Kier molecular flexibility index (Phi) is 7.93. The molecule has 0 aliphatic rings. The van der Waals surface area contributed by atoms with Gasteiger partial charge in [-0.1, -0.05) is 18.2 Å². The van der Waals surface area contributed by atoms with E-state index in [1.165, 1.54) is 12.0 Å². The van der Waals surface area contributed by atoms with Crippen molar-refractivity contribution in [2.75, 3.05) is 12.8 Å². The van der Waals surface area contributed by atoms with Crippen molar-refractivity contribution < 1.29 is 4.74 Å². The lowest BCUT2D eigenvalue weighted by Gasteiger charge is -2.07. The minimum atomic E-state index is 0. The zero-order valence-corrected chi connectivity index (χ0v) is 10.5. The van der Waals surface area contributed by atoms with Gasteiger partial charge in [0.1, 0.15) is 5.75 Å². The summed E-state index contributed by atoms with van der Waals surface area (Å²) in [5.74, 6) is 1.02. The predicted molar refractivity (Wildman–Crippen MR) is 67.7 cm³/mol. The van der Waals surface area contributed by atoms with Crippen LogP contribution < -0.4 is 4.74 Å². The quantitative estimate of drug-likeness (QED) is 0.558. The van der Waals surface area contributed by atoms with Crippen LogP contribution in [0.3, 0.4) is 0 Å². The molecule has 1 rings (SSSR count). The molecule has 3 heteroatoms. The summed E-state index contributed by atoms with van der Waals surface area (Å²) in [4.78, 5) is 0. The van der Waals surface area contributed by atoms with E-state index in [-0.39, 0.29) is 12.4 Å². The molecule has 0 N–H and O–H groups in total. The first-order valence-electron chi connectivity index (χ1n) is 4.73. The van der Waals surface area contributed by atoms with E-state index in [0.717, 1.165) is 24.9 Å². The van der Waals surface area contributed by atoms with Crippen LogP contribution in [0.2, 0.25) is 0 Å². The van der Waals surface area contributed by atoms with Crippen molar-refractivity contribution in [2.45, 2.75) is 19.8 Å². The van der Waals surface area contributed by atoms with E-state index in [1.54, 1.807) is 0 Å². The number of ether oxygens (including phenoxy) is 1. The molecule has 0 saturated heterocycles. The zero-order valence-electron chi connectivity index (χ0n) is 8.53. The second kappa shape index (κ2) is 8.08. The van der Waals surface area contributed by atoms with Gasteiger partial charge in [0.05, 0.1) is 6.61 Å². The Labute approximate surface area is 94.9 Å². The van der Waals surface area contributed by atoms with E-state index in [0.29, 0.717) is 0 Å². The fraction of sp³-hybridized carbons (Fsp3) is 0.455. The molecule has 0 saturated carbocycles. The van der Waals surface area contributed by atoms with Crippen molar-refractivity contribution >= 4 is 21.6 Å². The number of aryl methyl sites for hydroxylation is 1. The predicted octanol–water partition coefficient (Wildman–Crippen LogP) is 3.45. The maximum atomic E-state index is 5.63. The van der Waals surface area contributed by atoms with Crippen LogP contribution in [0.5, 0.6) is 5.75 Å². The lowest BCUT2D eigenvalue weighted by Crippen LogP contribution is -1.98. The lowest BCUT2D eigenvalue weighted by atomic mass is 10.2. The molecule has 0 aliphatic carbocycles. The Bertz CT molecular complexity index is 253. The van der Waals surface area contributed by atoms with Crippen LogP contribution in [0.1, 0.15) is 18.4 Å². The molecule has 0 amide bonds. The van der Waals surface area contributed by atoms with Crippen LogP contribution >= 0.6 is 21.6 Å². The Balaban J connectivity index is 0.00000169. The Hall–Kier alpha value is -0.260. The van der Waals surface area contributed by atoms with Gasteiger partial charge >= 0.3 is 0 Å². The van der Waals surface area contributed by atoms with E-state index in [4.69, 9.17) is 4.74 Å². The van der Waals surface area contributed by atoms with Gasteiger partial charge in [-0.3, -0.25) is 0 Å². The average Bonchev–Trinajstić information content (AvgIpc) is 2.15. The molecule has 14 heavy (non-hydrogen) atoms. The van der Waals surface area contributed by atoms with Crippen LogP contribution in [0.25, 0.3) is 0 Å². The molecule has 0 aliphatic heterocycles. The molecule has 0 fully saturated rings. The third-order valence-corrected chi connectivity index (χ3v) is 2.36. The van der Waals surface area contributed by atoms with Crippen LogP contribution in [-0.2, 0) is 0 Å². The smallest absolute Gasteiger partial charge is 0.122 e. The largest absolute Gasteiger partial charge is 0.493 e. The highest BCUT2D eigenvalue weighted by Crippen LogP contribution is 2.16. The van der Waals surface area contributed by atoms with E-state index in [9.17, 15) is 0 Å². The SMILES string of the molecule is Cc1ccccc1OCCCCP.Cl. The average molecular weight is 233 g/mol. The fourth-order valence-corrected chi connectivity index (χ4v) is 1.44. The van der Waals surface area contributed by atoms with Gasteiger partial charge in [-0.2, -0.15) is 0 Å². The lowest BCUT2D eigenvalue weighted by molar-refractivity contribution is 0.308. The highest BCUT2D eigenvalue weighted by atomic mass is 35.5. The molecule has 1 aromatic rings. The van der Waals surface area contributed by atoms with Crippen molar-refractivity contribution in [1.82, 2.24) is 0 Å². The number of hydrogen-bond donors (Lipinski definition) is 0. The zero-order chi connectivity index (χ0) is 9.52. The number of unbranched alkanes of at least 4 members (excludes halogenated alkanes) is 1. The third-order valence-electron chi connectivity index (χ3n) is 1.95. The second-order valence-electron chi connectivity index (χ2n) is 3.11. The van der Waals surface area contributed by atoms with Gasteiger partial charge in [0.2, 0.25) is 0 Å². The summed E-state index contributed by atoms with van der Waals surface area (Å²) in [6, 6.07) is 8.14. The Morgan fingerprint density at radius 1 is 1.21 bits per heavy atom. The molecular formula is C11H18ClOP. The van der Waals surface area contributed by atoms with Gasteiger partial charge < -0.3 is 4.74 Å². The van der Waals surface area contributed by atoms with Gasteiger partial charge in [0.25, 0.3) is 0 Å². The minimum Gasteiger partial charge on any atom is -0.493 e. The minimum absolute atomic E-state index is 0. The maximum Gasteiger partial charge on any atom is 0.122 e. The normalized spacial score (nSPS) is 9.29. The summed E-state index contributed by atoms with van der Waals surface area (Å²) in [6.07, 6.45) is 3.52. The third kappa shape index (κ3) is 4.83. The summed E-state index contributed by atoms with van der Waals surface area (Å²) in [7, 11) is 2.73. The van der Waals surface area contributed by atoms with Crippen molar-refractivity contribution in [3.63, 3.8) is 0 Å². The molecule has 80 valence electrons. The van der Waals surface area contributed by atoms with Crippen LogP contribution in [0.4, 0.5) is 0 Å². The first-order chi connectivity index (χ1) is 6.34. The first-order valence-corrected chi connectivity index (χ1v) is 5.54. The molecule has 0 aromatic heterocycles. The first kappa shape index (κ1) is 13.7. The van der Waals surface area contributed by atoms with Crippen LogP contribution in [-0.4, -0.2) is 12.8 Å². The molecule has 1 nitrogen and oxygen atoms in total. The summed E-state index contributed by atoms with van der Waals surface area (Å²) in [5.41, 5.74) is 1.22. The summed E-state index contributed by atoms with van der Waals surface area (Å²) in [5, 5.41) is 0. The summed E-state index contributed by atoms with van der Waals surface area (Å²) < 4.78 is 5.63. The molecule has 0 bridgehead atoms. The second-order valence-corrected chi connectivity index (χ2v) is 3.69. The van der Waals surface area contributed by atoms with E-state index < -0.39 is 0 Å². The summed E-state index contributed by atoms with van der Waals surface area (Å²) in [6.45, 7) is 2.91. The molecule has 1 aromatic carbocycles. The molecule has 0 heterocycles. The number of para-hydroxylation sites is 1. The Morgan fingerprint density at radius 2 is 1.93 bits per heavy atom.